The number of nitrogens with zero attached hydrogens (tertiary/aromatic N) is 2. The third-order valence-electron chi connectivity index (χ3n) is 3.94. The van der Waals surface area contributed by atoms with Crippen LogP contribution in [0.4, 0.5) is 4.39 Å². The van der Waals surface area contributed by atoms with Gasteiger partial charge in [0.2, 0.25) is 0 Å². The Morgan fingerprint density at radius 3 is 2.79 bits per heavy atom. The highest BCUT2D eigenvalue weighted by atomic mass is 19.1. The zero-order valence-electron chi connectivity index (χ0n) is 14.2. The monoisotopic (exact) mass is 336 g/mol. The fourth-order valence-corrected chi connectivity index (χ4v) is 2.68. The molecule has 1 aromatic rings. The summed E-state index contributed by atoms with van der Waals surface area (Å²) in [7, 11) is 3.70. The second-order valence-corrected chi connectivity index (χ2v) is 5.82. The molecule has 1 amide bonds. The number of amides is 1. The van der Waals surface area contributed by atoms with Gasteiger partial charge in [-0.3, -0.25) is 9.79 Å². The van der Waals surface area contributed by atoms with E-state index in [1.165, 1.54) is 12.1 Å². The molecule has 0 bridgehead atoms. The number of guanidine groups is 1. The van der Waals surface area contributed by atoms with Crippen molar-refractivity contribution < 1.29 is 13.9 Å². The van der Waals surface area contributed by atoms with Gasteiger partial charge >= 0.3 is 0 Å². The molecular formula is C17H25FN4O2. The van der Waals surface area contributed by atoms with Crippen molar-refractivity contribution in [3.05, 3.63) is 35.6 Å². The molecule has 0 aliphatic carbocycles. The number of rotatable bonds is 6. The van der Waals surface area contributed by atoms with E-state index in [1.54, 1.807) is 19.2 Å². The summed E-state index contributed by atoms with van der Waals surface area (Å²) in [5.41, 5.74) is 0.0558. The van der Waals surface area contributed by atoms with Crippen molar-refractivity contribution in [3.63, 3.8) is 0 Å². The molecule has 1 heterocycles. The first-order chi connectivity index (χ1) is 11.6. The van der Waals surface area contributed by atoms with Crippen LogP contribution in [-0.4, -0.2) is 63.7 Å². The van der Waals surface area contributed by atoms with Gasteiger partial charge in [-0.15, -0.1) is 0 Å². The molecule has 0 radical (unpaired) electrons. The largest absolute Gasteiger partial charge is 0.381 e. The Balaban J connectivity index is 1.71. The average molecular weight is 336 g/mol. The van der Waals surface area contributed by atoms with E-state index in [0.29, 0.717) is 19.0 Å². The Labute approximate surface area is 142 Å². The molecule has 24 heavy (non-hydrogen) atoms. The lowest BCUT2D eigenvalue weighted by Crippen LogP contribution is -2.44. The van der Waals surface area contributed by atoms with Gasteiger partial charge in [-0.25, -0.2) is 4.39 Å². The van der Waals surface area contributed by atoms with Crippen LogP contribution in [0.15, 0.2) is 29.3 Å². The van der Waals surface area contributed by atoms with Gasteiger partial charge in [-0.1, -0.05) is 12.1 Å². The van der Waals surface area contributed by atoms with Gasteiger partial charge in [-0.2, -0.15) is 0 Å². The Morgan fingerprint density at radius 2 is 2.12 bits per heavy atom. The number of carbonyl (C=O) groups is 1. The fraction of sp³-hybridized carbons (Fsp3) is 0.529. The number of benzene rings is 1. The van der Waals surface area contributed by atoms with Crippen molar-refractivity contribution in [2.75, 3.05) is 46.9 Å². The van der Waals surface area contributed by atoms with Crippen molar-refractivity contribution in [2.45, 2.75) is 6.42 Å². The van der Waals surface area contributed by atoms with Gasteiger partial charge in [0.25, 0.3) is 5.91 Å². The minimum absolute atomic E-state index is 0.0558. The molecular weight excluding hydrogens is 311 g/mol. The number of halogens is 1. The maximum atomic E-state index is 13.5. The molecule has 1 atom stereocenters. The zero-order chi connectivity index (χ0) is 17.4. The normalized spacial score (nSPS) is 17.6. The molecule has 7 heteroatoms. The van der Waals surface area contributed by atoms with Crippen molar-refractivity contribution in [1.82, 2.24) is 15.5 Å². The summed E-state index contributed by atoms with van der Waals surface area (Å²) in [5, 5.41) is 5.89. The number of nitrogens with one attached hydrogen (secondary N) is 2. The average Bonchev–Trinajstić information content (AvgIpc) is 3.08. The predicted octanol–water partition coefficient (Wildman–Crippen LogP) is 1.10. The molecule has 2 N–H and O–H groups in total. The smallest absolute Gasteiger partial charge is 0.254 e. The van der Waals surface area contributed by atoms with Crippen LogP contribution in [0.25, 0.3) is 0 Å². The summed E-state index contributed by atoms with van der Waals surface area (Å²) in [6.07, 6.45) is 1.07. The molecule has 1 unspecified atom stereocenters. The van der Waals surface area contributed by atoms with E-state index in [9.17, 15) is 9.18 Å². The number of carbonyl (C=O) groups excluding carboxylic acids is 1. The van der Waals surface area contributed by atoms with Crippen LogP contribution in [0.1, 0.15) is 16.8 Å². The molecule has 132 valence electrons. The quantitative estimate of drug-likeness (QED) is 0.464. The van der Waals surface area contributed by atoms with Gasteiger partial charge in [0, 0.05) is 46.3 Å². The SMILES string of the molecule is CN=C(NCCNC(=O)c1ccccc1F)N(C)CC1CCOC1. The first-order valence-electron chi connectivity index (χ1n) is 8.14. The van der Waals surface area contributed by atoms with Gasteiger partial charge in [0.15, 0.2) is 5.96 Å². The lowest BCUT2D eigenvalue weighted by atomic mass is 10.1. The standard InChI is InChI=1S/C17H25FN4O2/c1-19-17(22(2)11-13-7-10-24-12-13)21-9-8-20-16(23)14-5-3-4-6-15(14)18/h3-6,13H,7-12H2,1-2H3,(H,19,21)(H,20,23). The summed E-state index contributed by atoms with van der Waals surface area (Å²) in [6.45, 7) is 3.39. The minimum atomic E-state index is -0.516. The number of hydrogen-bond acceptors (Lipinski definition) is 3. The van der Waals surface area contributed by atoms with Gasteiger partial charge < -0.3 is 20.3 Å². The molecule has 1 aliphatic rings. The van der Waals surface area contributed by atoms with Crippen LogP contribution < -0.4 is 10.6 Å². The van der Waals surface area contributed by atoms with Crippen molar-refractivity contribution >= 4 is 11.9 Å². The molecule has 6 nitrogen and oxygen atoms in total. The van der Waals surface area contributed by atoms with Crippen molar-refractivity contribution in [1.29, 1.82) is 0 Å². The van der Waals surface area contributed by atoms with Crippen LogP contribution in [0.5, 0.6) is 0 Å². The van der Waals surface area contributed by atoms with Gasteiger partial charge in [0.05, 0.1) is 12.2 Å². The molecule has 1 fully saturated rings. The van der Waals surface area contributed by atoms with Gasteiger partial charge in [0.1, 0.15) is 5.82 Å². The van der Waals surface area contributed by atoms with Crippen LogP contribution in [0.3, 0.4) is 0 Å². The highest BCUT2D eigenvalue weighted by molar-refractivity contribution is 5.94. The van der Waals surface area contributed by atoms with E-state index in [1.807, 2.05) is 7.05 Å². The second kappa shape index (κ2) is 9.22. The maximum absolute atomic E-state index is 13.5. The lowest BCUT2D eigenvalue weighted by Gasteiger charge is -2.24. The Bertz CT molecular complexity index is 573. The van der Waals surface area contributed by atoms with Crippen LogP contribution in [0, 0.1) is 11.7 Å². The van der Waals surface area contributed by atoms with E-state index in [4.69, 9.17) is 4.74 Å². The first kappa shape index (κ1) is 18.2. The van der Waals surface area contributed by atoms with E-state index >= 15 is 0 Å². The third kappa shape index (κ3) is 5.19. The van der Waals surface area contributed by atoms with E-state index in [0.717, 1.165) is 32.1 Å². The number of hydrogen-bond donors (Lipinski definition) is 2. The number of ether oxygens (including phenoxy) is 1. The maximum Gasteiger partial charge on any atom is 0.254 e. The van der Waals surface area contributed by atoms with Crippen molar-refractivity contribution in [2.24, 2.45) is 10.9 Å². The molecule has 0 aromatic heterocycles. The number of aliphatic imine (C=N–C) groups is 1. The molecule has 2 rings (SSSR count). The molecule has 0 spiro atoms. The molecule has 1 aliphatic heterocycles. The molecule has 0 saturated carbocycles. The van der Waals surface area contributed by atoms with Gasteiger partial charge in [-0.05, 0) is 18.6 Å². The third-order valence-corrected chi connectivity index (χ3v) is 3.94. The second-order valence-electron chi connectivity index (χ2n) is 5.82. The highest BCUT2D eigenvalue weighted by Gasteiger charge is 2.19. The van der Waals surface area contributed by atoms with E-state index in [-0.39, 0.29) is 5.56 Å². The Kier molecular flexibility index (Phi) is 6.99. The van der Waals surface area contributed by atoms with E-state index < -0.39 is 11.7 Å². The van der Waals surface area contributed by atoms with Crippen molar-refractivity contribution in [3.8, 4) is 0 Å². The minimum Gasteiger partial charge on any atom is -0.381 e. The summed E-state index contributed by atoms with van der Waals surface area (Å²) >= 11 is 0. The topological polar surface area (TPSA) is 66.0 Å². The lowest BCUT2D eigenvalue weighted by molar-refractivity contribution is 0.0950. The summed E-state index contributed by atoms with van der Waals surface area (Å²) in [4.78, 5) is 18.2. The van der Waals surface area contributed by atoms with Crippen LogP contribution in [0.2, 0.25) is 0 Å². The Morgan fingerprint density at radius 1 is 1.38 bits per heavy atom. The van der Waals surface area contributed by atoms with E-state index in [2.05, 4.69) is 20.5 Å². The fourth-order valence-electron chi connectivity index (χ4n) is 2.68. The van der Waals surface area contributed by atoms with Crippen LogP contribution >= 0.6 is 0 Å². The highest BCUT2D eigenvalue weighted by Crippen LogP contribution is 2.13. The van der Waals surface area contributed by atoms with Crippen LogP contribution in [-0.2, 0) is 4.74 Å². The Hall–Kier alpha value is -2.15. The molecule has 1 saturated heterocycles. The summed E-state index contributed by atoms with van der Waals surface area (Å²) in [5.74, 6) is 0.356. The molecule has 1 aromatic carbocycles. The summed E-state index contributed by atoms with van der Waals surface area (Å²) < 4.78 is 18.9. The zero-order valence-corrected chi connectivity index (χ0v) is 14.2. The first-order valence-corrected chi connectivity index (χ1v) is 8.14. The summed E-state index contributed by atoms with van der Waals surface area (Å²) in [6, 6.07) is 5.94. The predicted molar refractivity (Wildman–Crippen MR) is 91.7 cm³/mol.